The second-order valence-electron chi connectivity index (χ2n) is 5.97. The summed E-state index contributed by atoms with van der Waals surface area (Å²) in [4.78, 5) is 0. The van der Waals surface area contributed by atoms with E-state index in [4.69, 9.17) is 9.47 Å². The molecule has 0 N–H and O–H groups in total. The van der Waals surface area contributed by atoms with Crippen molar-refractivity contribution in [1.82, 2.24) is 0 Å². The Balaban J connectivity index is 2.00. The Morgan fingerprint density at radius 1 is 1.05 bits per heavy atom. The smallest absolute Gasteiger partial charge is 0.132 e. The van der Waals surface area contributed by atoms with Crippen molar-refractivity contribution in [2.24, 2.45) is 5.41 Å². The van der Waals surface area contributed by atoms with Gasteiger partial charge in [0.05, 0.1) is 13.4 Å². The lowest BCUT2D eigenvalue weighted by atomic mass is 9.83. The summed E-state index contributed by atoms with van der Waals surface area (Å²) in [5.74, 6) is 0.880. The number of benzene rings is 2. The van der Waals surface area contributed by atoms with Gasteiger partial charge in [-0.3, -0.25) is 0 Å². The number of hydrogen-bond donors (Lipinski definition) is 0. The molecule has 2 aromatic carbocycles. The van der Waals surface area contributed by atoms with E-state index in [9.17, 15) is 0 Å². The maximum absolute atomic E-state index is 5.76. The van der Waals surface area contributed by atoms with Crippen LogP contribution in [-0.4, -0.2) is 7.11 Å². The molecule has 1 heterocycles. The van der Waals surface area contributed by atoms with Crippen molar-refractivity contribution < 1.29 is 9.47 Å². The average Bonchev–Trinajstić information content (AvgIpc) is 2.87. The van der Waals surface area contributed by atoms with Crippen LogP contribution in [0.3, 0.4) is 0 Å². The van der Waals surface area contributed by atoms with Crippen LogP contribution in [0.15, 0.2) is 60.9 Å². The number of methoxy groups -OCH3 is 1. The molecule has 2 nitrogen and oxygen atoms in total. The third kappa shape index (κ3) is 2.54. The molecule has 0 spiro atoms. The molecule has 0 fully saturated rings. The monoisotopic (exact) mass is 280 g/mol. The van der Waals surface area contributed by atoms with Gasteiger partial charge in [-0.05, 0) is 23.3 Å². The molecule has 0 bridgehead atoms. The van der Waals surface area contributed by atoms with Gasteiger partial charge in [0.15, 0.2) is 0 Å². The van der Waals surface area contributed by atoms with Gasteiger partial charge in [-0.25, -0.2) is 0 Å². The Kier molecular flexibility index (Phi) is 3.46. The first-order valence-electron chi connectivity index (χ1n) is 7.18. The molecule has 0 aromatic heterocycles. The second kappa shape index (κ2) is 5.28. The predicted molar refractivity (Wildman–Crippen MR) is 85.2 cm³/mol. The highest BCUT2D eigenvalue weighted by Crippen LogP contribution is 2.44. The van der Waals surface area contributed by atoms with Crippen LogP contribution in [0.1, 0.15) is 25.5 Å². The fourth-order valence-corrected chi connectivity index (χ4v) is 2.79. The molecule has 0 radical (unpaired) electrons. The second-order valence-corrected chi connectivity index (χ2v) is 5.97. The zero-order valence-corrected chi connectivity index (χ0v) is 12.7. The first-order chi connectivity index (χ1) is 10.1. The van der Waals surface area contributed by atoms with Crippen LogP contribution in [0.25, 0.3) is 11.1 Å². The molecule has 1 atom stereocenters. The Morgan fingerprint density at radius 3 is 2.43 bits per heavy atom. The third-order valence-corrected chi connectivity index (χ3v) is 4.00. The van der Waals surface area contributed by atoms with Gasteiger partial charge in [-0.15, -0.1) is 0 Å². The number of hydrogen-bond acceptors (Lipinski definition) is 2. The van der Waals surface area contributed by atoms with E-state index >= 15 is 0 Å². The topological polar surface area (TPSA) is 18.5 Å². The Bertz CT molecular complexity index is 657. The van der Waals surface area contributed by atoms with Crippen molar-refractivity contribution in [3.63, 3.8) is 0 Å². The standard InChI is InChI=1S/C19H20O2/c1-19(2)11-12-21-18(19)15-9-10-16(17(13-15)20-3)14-7-5-4-6-8-14/h4-13,18H,1-3H3. The van der Waals surface area contributed by atoms with Crippen LogP contribution in [0, 0.1) is 5.41 Å². The normalized spacial score (nSPS) is 19.3. The van der Waals surface area contributed by atoms with E-state index in [0.717, 1.165) is 22.4 Å². The first kappa shape index (κ1) is 13.7. The van der Waals surface area contributed by atoms with Crippen molar-refractivity contribution >= 4 is 0 Å². The molecule has 1 aliphatic rings. The first-order valence-corrected chi connectivity index (χ1v) is 7.18. The molecule has 108 valence electrons. The van der Waals surface area contributed by atoms with Crippen molar-refractivity contribution in [2.75, 3.05) is 7.11 Å². The van der Waals surface area contributed by atoms with Gasteiger partial charge in [0.25, 0.3) is 0 Å². The largest absolute Gasteiger partial charge is 0.496 e. The molecule has 1 aliphatic heterocycles. The van der Waals surface area contributed by atoms with E-state index in [1.54, 1.807) is 13.4 Å². The maximum Gasteiger partial charge on any atom is 0.132 e. The lowest BCUT2D eigenvalue weighted by Gasteiger charge is -2.26. The average molecular weight is 280 g/mol. The van der Waals surface area contributed by atoms with E-state index in [1.165, 1.54) is 0 Å². The van der Waals surface area contributed by atoms with Crippen LogP contribution < -0.4 is 4.74 Å². The molecule has 0 aliphatic carbocycles. The molecule has 0 saturated heterocycles. The zero-order valence-electron chi connectivity index (χ0n) is 12.7. The van der Waals surface area contributed by atoms with Gasteiger partial charge in [0.2, 0.25) is 0 Å². The van der Waals surface area contributed by atoms with Crippen LogP contribution in [0.4, 0.5) is 0 Å². The lowest BCUT2D eigenvalue weighted by molar-refractivity contribution is 0.0957. The van der Waals surface area contributed by atoms with Crippen LogP contribution in [-0.2, 0) is 4.74 Å². The minimum Gasteiger partial charge on any atom is -0.496 e. The summed E-state index contributed by atoms with van der Waals surface area (Å²) in [6.07, 6.45) is 3.94. The van der Waals surface area contributed by atoms with E-state index in [-0.39, 0.29) is 11.5 Å². The molecule has 3 rings (SSSR count). The summed E-state index contributed by atoms with van der Waals surface area (Å²) in [7, 11) is 1.71. The molecule has 0 saturated carbocycles. The molecular formula is C19H20O2. The Hall–Kier alpha value is -2.22. The van der Waals surface area contributed by atoms with Crippen LogP contribution >= 0.6 is 0 Å². The fourth-order valence-electron chi connectivity index (χ4n) is 2.79. The number of rotatable bonds is 3. The van der Waals surface area contributed by atoms with Crippen molar-refractivity contribution in [3.8, 4) is 16.9 Å². The highest BCUT2D eigenvalue weighted by molar-refractivity contribution is 5.71. The maximum atomic E-state index is 5.76. The highest BCUT2D eigenvalue weighted by atomic mass is 16.5. The van der Waals surface area contributed by atoms with Crippen molar-refractivity contribution in [2.45, 2.75) is 20.0 Å². The SMILES string of the molecule is COc1cc(C2OC=CC2(C)C)ccc1-c1ccccc1. The highest BCUT2D eigenvalue weighted by Gasteiger charge is 2.34. The Morgan fingerprint density at radius 2 is 1.81 bits per heavy atom. The summed E-state index contributed by atoms with van der Waals surface area (Å²) < 4.78 is 11.4. The van der Waals surface area contributed by atoms with Gasteiger partial charge in [-0.2, -0.15) is 0 Å². The van der Waals surface area contributed by atoms with Crippen LogP contribution in [0.2, 0.25) is 0 Å². The van der Waals surface area contributed by atoms with Gasteiger partial charge < -0.3 is 9.47 Å². The van der Waals surface area contributed by atoms with E-state index < -0.39 is 0 Å². The molecule has 1 unspecified atom stereocenters. The zero-order chi connectivity index (χ0) is 14.9. The fraction of sp³-hybridized carbons (Fsp3) is 0.263. The summed E-state index contributed by atoms with van der Waals surface area (Å²) in [6.45, 7) is 4.36. The lowest BCUT2D eigenvalue weighted by Crippen LogP contribution is -2.16. The van der Waals surface area contributed by atoms with Crippen molar-refractivity contribution in [3.05, 3.63) is 66.4 Å². The van der Waals surface area contributed by atoms with Gasteiger partial charge in [-0.1, -0.05) is 56.3 Å². The van der Waals surface area contributed by atoms with E-state index in [0.29, 0.717) is 0 Å². The Labute approximate surface area is 126 Å². The quantitative estimate of drug-likeness (QED) is 0.790. The summed E-state index contributed by atoms with van der Waals surface area (Å²) in [5.41, 5.74) is 3.40. The minimum absolute atomic E-state index is 0.000719. The molecular weight excluding hydrogens is 260 g/mol. The number of ether oxygens (including phenoxy) is 2. The molecule has 2 aromatic rings. The molecule has 2 heteroatoms. The molecule has 21 heavy (non-hydrogen) atoms. The summed E-state index contributed by atoms with van der Waals surface area (Å²) in [5, 5.41) is 0. The minimum atomic E-state index is -0.000719. The van der Waals surface area contributed by atoms with Crippen LogP contribution in [0.5, 0.6) is 5.75 Å². The van der Waals surface area contributed by atoms with Crippen molar-refractivity contribution in [1.29, 1.82) is 0 Å². The summed E-state index contributed by atoms with van der Waals surface area (Å²) >= 11 is 0. The van der Waals surface area contributed by atoms with Gasteiger partial charge in [0, 0.05) is 11.0 Å². The summed E-state index contributed by atoms with van der Waals surface area (Å²) in [6, 6.07) is 16.6. The molecule has 0 amide bonds. The van der Waals surface area contributed by atoms with E-state index in [2.05, 4.69) is 50.3 Å². The van der Waals surface area contributed by atoms with Gasteiger partial charge in [0.1, 0.15) is 11.9 Å². The van der Waals surface area contributed by atoms with E-state index in [1.807, 2.05) is 18.2 Å². The van der Waals surface area contributed by atoms with Gasteiger partial charge >= 0.3 is 0 Å². The third-order valence-electron chi connectivity index (χ3n) is 4.00. The predicted octanol–water partition coefficient (Wildman–Crippen LogP) is 4.97.